The summed E-state index contributed by atoms with van der Waals surface area (Å²) in [4.78, 5) is 5.78. The highest BCUT2D eigenvalue weighted by Crippen LogP contribution is 2.45. The van der Waals surface area contributed by atoms with Gasteiger partial charge < -0.3 is 10.3 Å². The minimum Gasteiger partial charge on any atom is -0.338 e. The van der Waals surface area contributed by atoms with Gasteiger partial charge in [0.2, 0.25) is 5.89 Å². The van der Waals surface area contributed by atoms with E-state index in [0.29, 0.717) is 17.6 Å². The van der Waals surface area contributed by atoms with Gasteiger partial charge in [-0.3, -0.25) is 0 Å². The molecule has 0 fully saturated rings. The first-order chi connectivity index (χ1) is 9.15. The van der Waals surface area contributed by atoms with E-state index in [1.807, 2.05) is 0 Å². The van der Waals surface area contributed by atoms with Crippen LogP contribution in [0.5, 0.6) is 0 Å². The summed E-state index contributed by atoms with van der Waals surface area (Å²) in [5, 5.41) is 4.24. The van der Waals surface area contributed by atoms with Crippen molar-refractivity contribution in [2.75, 3.05) is 0 Å². The van der Waals surface area contributed by atoms with Crippen molar-refractivity contribution < 1.29 is 4.52 Å². The second kappa shape index (κ2) is 4.98. The quantitative estimate of drug-likeness (QED) is 0.932. The third-order valence-corrected chi connectivity index (χ3v) is 4.70. The van der Waals surface area contributed by atoms with Gasteiger partial charge in [-0.25, -0.2) is 0 Å². The zero-order valence-electron chi connectivity index (χ0n) is 11.0. The summed E-state index contributed by atoms with van der Waals surface area (Å²) >= 11 is 1.79. The molecule has 0 radical (unpaired) electrons. The van der Waals surface area contributed by atoms with Crippen LogP contribution in [0.1, 0.15) is 42.4 Å². The summed E-state index contributed by atoms with van der Waals surface area (Å²) in [6.45, 7) is 4.11. The standard InChI is InChI=1S/C14H17N3OS/c1-8(2)12(15)13-16-14(18-17-13)11-7-9-5-3-4-6-10(9)19-11/h3-6,8,11-12H,7,15H2,1-2H3. The Hall–Kier alpha value is -1.33. The van der Waals surface area contributed by atoms with E-state index >= 15 is 0 Å². The predicted octanol–water partition coefficient (Wildman–Crippen LogP) is 3.11. The lowest BCUT2D eigenvalue weighted by Crippen LogP contribution is -2.18. The second-order valence-electron chi connectivity index (χ2n) is 5.18. The minimum atomic E-state index is -0.161. The van der Waals surface area contributed by atoms with Gasteiger partial charge in [-0.1, -0.05) is 37.2 Å². The fraction of sp³-hybridized carbons (Fsp3) is 0.429. The van der Waals surface area contributed by atoms with E-state index < -0.39 is 0 Å². The number of nitrogens with two attached hydrogens (primary N) is 1. The Morgan fingerprint density at radius 3 is 2.89 bits per heavy atom. The third kappa shape index (κ3) is 2.40. The number of hydrogen-bond acceptors (Lipinski definition) is 5. The van der Waals surface area contributed by atoms with Crippen molar-refractivity contribution in [3.05, 3.63) is 41.5 Å². The van der Waals surface area contributed by atoms with E-state index in [0.717, 1.165) is 6.42 Å². The lowest BCUT2D eigenvalue weighted by atomic mass is 10.1. The van der Waals surface area contributed by atoms with Gasteiger partial charge in [-0.05, 0) is 24.0 Å². The van der Waals surface area contributed by atoms with Crippen molar-refractivity contribution in [2.45, 2.75) is 36.5 Å². The molecule has 0 saturated carbocycles. The van der Waals surface area contributed by atoms with Gasteiger partial charge in [0.25, 0.3) is 0 Å². The zero-order valence-corrected chi connectivity index (χ0v) is 11.9. The van der Waals surface area contributed by atoms with Crippen LogP contribution in [0.15, 0.2) is 33.7 Å². The van der Waals surface area contributed by atoms with Crippen LogP contribution in [0.25, 0.3) is 0 Å². The lowest BCUT2D eigenvalue weighted by molar-refractivity contribution is 0.362. The molecular formula is C14H17N3OS. The Labute approximate surface area is 116 Å². The molecule has 19 heavy (non-hydrogen) atoms. The molecule has 100 valence electrons. The van der Waals surface area contributed by atoms with Crippen LogP contribution in [0.2, 0.25) is 0 Å². The Kier molecular flexibility index (Phi) is 3.33. The molecule has 1 aromatic carbocycles. The predicted molar refractivity (Wildman–Crippen MR) is 74.8 cm³/mol. The summed E-state index contributed by atoms with van der Waals surface area (Å²) < 4.78 is 5.39. The van der Waals surface area contributed by atoms with Gasteiger partial charge >= 0.3 is 0 Å². The average molecular weight is 275 g/mol. The van der Waals surface area contributed by atoms with Crippen LogP contribution in [0, 0.1) is 5.92 Å². The number of thioether (sulfide) groups is 1. The van der Waals surface area contributed by atoms with Crippen molar-refractivity contribution in [3.63, 3.8) is 0 Å². The summed E-state index contributed by atoms with van der Waals surface area (Å²) in [6.07, 6.45) is 0.944. The Morgan fingerprint density at radius 1 is 1.37 bits per heavy atom. The van der Waals surface area contributed by atoms with Crippen molar-refractivity contribution >= 4 is 11.8 Å². The molecule has 2 unspecified atom stereocenters. The monoisotopic (exact) mass is 275 g/mol. The summed E-state index contributed by atoms with van der Waals surface area (Å²) in [5.74, 6) is 1.60. The molecule has 0 spiro atoms. The highest BCUT2D eigenvalue weighted by molar-refractivity contribution is 7.99. The Bertz CT molecular complexity index is 557. The van der Waals surface area contributed by atoms with Crippen molar-refractivity contribution in [3.8, 4) is 0 Å². The van der Waals surface area contributed by atoms with Gasteiger partial charge in [0.1, 0.15) is 0 Å². The van der Waals surface area contributed by atoms with E-state index in [9.17, 15) is 0 Å². The first-order valence-corrected chi connectivity index (χ1v) is 7.36. The van der Waals surface area contributed by atoms with Gasteiger partial charge in [-0.15, -0.1) is 11.8 Å². The molecule has 2 aromatic rings. The number of benzene rings is 1. The van der Waals surface area contributed by atoms with E-state index in [4.69, 9.17) is 10.3 Å². The van der Waals surface area contributed by atoms with E-state index in [2.05, 4.69) is 48.3 Å². The number of rotatable bonds is 3. The van der Waals surface area contributed by atoms with Crippen LogP contribution in [-0.2, 0) is 6.42 Å². The summed E-state index contributed by atoms with van der Waals surface area (Å²) in [6, 6.07) is 8.25. The molecule has 0 aliphatic carbocycles. The molecule has 0 amide bonds. The van der Waals surface area contributed by atoms with Crippen LogP contribution in [0.4, 0.5) is 0 Å². The maximum absolute atomic E-state index is 6.04. The molecule has 2 N–H and O–H groups in total. The normalized spacial score (nSPS) is 19.7. The largest absolute Gasteiger partial charge is 0.338 e. The molecule has 5 heteroatoms. The first kappa shape index (κ1) is 12.7. The van der Waals surface area contributed by atoms with Crippen LogP contribution in [-0.4, -0.2) is 10.1 Å². The fourth-order valence-corrected chi connectivity index (χ4v) is 3.36. The summed E-state index contributed by atoms with van der Waals surface area (Å²) in [5.41, 5.74) is 7.39. The van der Waals surface area contributed by atoms with Gasteiger partial charge in [-0.2, -0.15) is 4.98 Å². The van der Waals surface area contributed by atoms with Gasteiger partial charge in [0.15, 0.2) is 5.82 Å². The van der Waals surface area contributed by atoms with Gasteiger partial charge in [0.05, 0.1) is 11.3 Å². The minimum absolute atomic E-state index is 0.161. The SMILES string of the molecule is CC(C)C(N)c1noc(C2Cc3ccccc3S2)n1. The average Bonchev–Trinajstić information content (AvgIpc) is 3.03. The molecule has 0 saturated heterocycles. The van der Waals surface area contributed by atoms with Crippen molar-refractivity contribution in [1.82, 2.24) is 10.1 Å². The second-order valence-corrected chi connectivity index (χ2v) is 6.42. The number of fused-ring (bicyclic) bond motifs is 1. The molecule has 3 rings (SSSR count). The molecular weight excluding hydrogens is 258 g/mol. The molecule has 2 heterocycles. The molecule has 1 aliphatic rings. The van der Waals surface area contributed by atoms with E-state index in [1.54, 1.807) is 11.8 Å². The van der Waals surface area contributed by atoms with Crippen LogP contribution < -0.4 is 5.73 Å². The van der Waals surface area contributed by atoms with Crippen molar-refractivity contribution in [2.24, 2.45) is 11.7 Å². The Morgan fingerprint density at radius 2 is 2.16 bits per heavy atom. The smallest absolute Gasteiger partial charge is 0.240 e. The number of aromatic nitrogens is 2. The molecule has 2 atom stereocenters. The van der Waals surface area contributed by atoms with Gasteiger partial charge in [0, 0.05) is 4.90 Å². The number of hydrogen-bond donors (Lipinski definition) is 1. The lowest BCUT2D eigenvalue weighted by Gasteiger charge is -2.09. The van der Waals surface area contributed by atoms with Crippen LogP contribution >= 0.6 is 11.8 Å². The maximum Gasteiger partial charge on any atom is 0.240 e. The zero-order chi connectivity index (χ0) is 13.4. The first-order valence-electron chi connectivity index (χ1n) is 6.49. The highest BCUT2D eigenvalue weighted by Gasteiger charge is 2.29. The van der Waals surface area contributed by atoms with Crippen molar-refractivity contribution in [1.29, 1.82) is 0 Å². The number of nitrogens with zero attached hydrogens (tertiary/aromatic N) is 2. The van der Waals surface area contributed by atoms with Crippen LogP contribution in [0.3, 0.4) is 0 Å². The van der Waals surface area contributed by atoms with E-state index in [-0.39, 0.29) is 11.3 Å². The molecule has 1 aromatic heterocycles. The molecule has 4 nitrogen and oxygen atoms in total. The maximum atomic E-state index is 6.04. The van der Waals surface area contributed by atoms with E-state index in [1.165, 1.54) is 10.5 Å². The molecule has 0 bridgehead atoms. The molecule has 1 aliphatic heterocycles. The Balaban J connectivity index is 1.79. The summed E-state index contributed by atoms with van der Waals surface area (Å²) in [7, 11) is 0. The topological polar surface area (TPSA) is 64.9 Å². The third-order valence-electron chi connectivity index (χ3n) is 3.40. The fourth-order valence-electron chi connectivity index (χ4n) is 2.13. The highest BCUT2D eigenvalue weighted by atomic mass is 32.2.